The number of aliphatic hydroxyl groups is 1. The molecule has 6 nitrogen and oxygen atoms in total. The highest BCUT2D eigenvalue weighted by Gasteiger charge is 2.47. The number of pyridine rings is 1. The first-order valence-electron chi connectivity index (χ1n) is 10.9. The number of aromatic nitrogens is 1. The molecule has 168 valence electrons. The van der Waals surface area contributed by atoms with Crippen LogP contribution in [0.2, 0.25) is 0 Å². The molecule has 1 unspecified atom stereocenters. The second-order valence-electron chi connectivity index (χ2n) is 8.48. The third kappa shape index (κ3) is 4.37. The van der Waals surface area contributed by atoms with Gasteiger partial charge in [-0.05, 0) is 60.4 Å². The number of nitrogens with zero attached hydrogens (tertiary/aromatic N) is 2. The van der Waals surface area contributed by atoms with Gasteiger partial charge in [0, 0.05) is 23.6 Å². The van der Waals surface area contributed by atoms with Crippen molar-refractivity contribution < 1.29 is 19.4 Å². The smallest absolute Gasteiger partial charge is 0.300 e. The number of benzene rings is 2. The number of hydrogen-bond acceptors (Lipinski definition) is 5. The lowest BCUT2D eigenvalue weighted by atomic mass is 9.95. The van der Waals surface area contributed by atoms with Crippen molar-refractivity contribution in [3.8, 4) is 5.75 Å². The van der Waals surface area contributed by atoms with E-state index in [1.807, 2.05) is 13.0 Å². The zero-order valence-corrected chi connectivity index (χ0v) is 18.9. The maximum absolute atomic E-state index is 13.2. The summed E-state index contributed by atoms with van der Waals surface area (Å²) in [6.45, 7) is 6.60. The average Bonchev–Trinajstić information content (AvgIpc) is 3.09. The Hall–Kier alpha value is -3.93. The summed E-state index contributed by atoms with van der Waals surface area (Å²) in [6.07, 6.45) is 3.23. The van der Waals surface area contributed by atoms with Gasteiger partial charge in [-0.25, -0.2) is 0 Å². The molecule has 1 aliphatic heterocycles. The molecule has 0 saturated carbocycles. The number of Topliss-reactive ketones (excluding diaryl/α,β-unsaturated/α-hetero) is 1. The van der Waals surface area contributed by atoms with E-state index in [1.165, 1.54) is 4.90 Å². The molecule has 0 spiro atoms. The second-order valence-corrected chi connectivity index (χ2v) is 8.48. The number of ketones is 1. The van der Waals surface area contributed by atoms with Crippen LogP contribution in [0, 0.1) is 12.8 Å². The lowest BCUT2D eigenvalue weighted by Gasteiger charge is -2.25. The van der Waals surface area contributed by atoms with Gasteiger partial charge in [0.2, 0.25) is 0 Å². The van der Waals surface area contributed by atoms with Gasteiger partial charge in [0.15, 0.2) is 0 Å². The molecule has 6 heteroatoms. The number of aryl methyl sites for hydroxylation is 1. The van der Waals surface area contributed by atoms with Gasteiger partial charge in [-0.1, -0.05) is 38.1 Å². The van der Waals surface area contributed by atoms with E-state index in [1.54, 1.807) is 67.0 Å². The van der Waals surface area contributed by atoms with Crippen LogP contribution < -0.4 is 9.64 Å². The summed E-state index contributed by atoms with van der Waals surface area (Å²) in [7, 11) is 0. The van der Waals surface area contributed by atoms with Gasteiger partial charge >= 0.3 is 0 Å². The zero-order chi connectivity index (χ0) is 23.5. The highest BCUT2D eigenvalue weighted by molar-refractivity contribution is 6.51. The van der Waals surface area contributed by atoms with E-state index in [0.29, 0.717) is 35.1 Å². The lowest BCUT2D eigenvalue weighted by molar-refractivity contribution is -0.132. The second kappa shape index (κ2) is 9.28. The summed E-state index contributed by atoms with van der Waals surface area (Å²) < 4.78 is 5.83. The van der Waals surface area contributed by atoms with E-state index in [0.717, 1.165) is 5.56 Å². The summed E-state index contributed by atoms with van der Waals surface area (Å²) in [5.41, 5.74) is 2.52. The van der Waals surface area contributed by atoms with Crippen molar-refractivity contribution >= 4 is 23.1 Å². The summed E-state index contributed by atoms with van der Waals surface area (Å²) in [5, 5.41) is 11.3. The van der Waals surface area contributed by atoms with Crippen LogP contribution in [0.3, 0.4) is 0 Å². The molecule has 1 aromatic heterocycles. The SMILES string of the molecule is Cc1cc(/C(O)=C2/C(=O)C(=O)N(c3ccccc3)C2c2cccnc2)ccc1OCC(C)C. The molecule has 1 atom stereocenters. The van der Waals surface area contributed by atoms with Crippen LogP contribution in [-0.4, -0.2) is 28.4 Å². The molecular weight excluding hydrogens is 416 g/mol. The fourth-order valence-corrected chi connectivity index (χ4v) is 3.91. The molecule has 1 fully saturated rings. The van der Waals surface area contributed by atoms with Gasteiger partial charge in [0.1, 0.15) is 11.5 Å². The first-order chi connectivity index (χ1) is 15.9. The monoisotopic (exact) mass is 442 g/mol. The van der Waals surface area contributed by atoms with Crippen LogP contribution in [0.4, 0.5) is 5.69 Å². The molecule has 2 aromatic carbocycles. The maximum atomic E-state index is 13.2. The minimum absolute atomic E-state index is 0.0344. The van der Waals surface area contributed by atoms with Crippen molar-refractivity contribution in [2.75, 3.05) is 11.5 Å². The average molecular weight is 443 g/mol. The molecular formula is C27H26N2O4. The minimum atomic E-state index is -0.793. The van der Waals surface area contributed by atoms with Crippen molar-refractivity contribution in [3.05, 3.63) is 95.3 Å². The Balaban J connectivity index is 1.82. The quantitative estimate of drug-likeness (QED) is 0.328. The standard InChI is InChI=1S/C27H26N2O4/c1-17(2)16-33-22-12-11-19(14-18(22)3)25(30)23-24(20-8-7-13-28-15-20)29(27(32)26(23)31)21-9-5-4-6-10-21/h4-15,17,24,30H,16H2,1-3H3/b25-23-. The van der Waals surface area contributed by atoms with Crippen molar-refractivity contribution in [1.82, 2.24) is 4.98 Å². The molecule has 3 aromatic rings. The number of anilines is 1. The third-order valence-electron chi connectivity index (χ3n) is 5.50. The number of ether oxygens (including phenoxy) is 1. The Bertz CT molecular complexity index is 1200. The Morgan fingerprint density at radius 1 is 1.09 bits per heavy atom. The molecule has 0 radical (unpaired) electrons. The summed E-state index contributed by atoms with van der Waals surface area (Å²) in [4.78, 5) is 31.8. The highest BCUT2D eigenvalue weighted by Crippen LogP contribution is 2.42. The molecule has 4 rings (SSSR count). The van der Waals surface area contributed by atoms with Crippen LogP contribution in [0.1, 0.15) is 36.6 Å². The fraction of sp³-hybridized carbons (Fsp3) is 0.222. The van der Waals surface area contributed by atoms with Crippen LogP contribution in [-0.2, 0) is 9.59 Å². The number of aliphatic hydroxyl groups excluding tert-OH is 1. The van der Waals surface area contributed by atoms with Crippen LogP contribution in [0.15, 0.2) is 78.6 Å². The van der Waals surface area contributed by atoms with Crippen LogP contribution in [0.25, 0.3) is 5.76 Å². The molecule has 33 heavy (non-hydrogen) atoms. The van der Waals surface area contributed by atoms with E-state index in [4.69, 9.17) is 4.74 Å². The molecule has 1 amide bonds. The van der Waals surface area contributed by atoms with Gasteiger partial charge in [-0.2, -0.15) is 0 Å². The Labute approximate surface area is 193 Å². The fourth-order valence-electron chi connectivity index (χ4n) is 3.91. The maximum Gasteiger partial charge on any atom is 0.300 e. The number of carbonyl (C=O) groups is 2. The Morgan fingerprint density at radius 3 is 2.48 bits per heavy atom. The first kappa shape index (κ1) is 22.3. The molecule has 1 saturated heterocycles. The van der Waals surface area contributed by atoms with E-state index < -0.39 is 17.7 Å². The van der Waals surface area contributed by atoms with Crippen molar-refractivity contribution in [3.63, 3.8) is 0 Å². The molecule has 1 N–H and O–H groups in total. The van der Waals surface area contributed by atoms with Gasteiger partial charge in [-0.15, -0.1) is 0 Å². The number of carbonyl (C=O) groups excluding carboxylic acids is 2. The predicted octanol–water partition coefficient (Wildman–Crippen LogP) is 5.05. The van der Waals surface area contributed by atoms with E-state index in [2.05, 4.69) is 18.8 Å². The molecule has 1 aliphatic rings. The predicted molar refractivity (Wildman–Crippen MR) is 127 cm³/mol. The van der Waals surface area contributed by atoms with E-state index in [9.17, 15) is 14.7 Å². The van der Waals surface area contributed by atoms with Crippen LogP contribution >= 0.6 is 0 Å². The van der Waals surface area contributed by atoms with Gasteiger partial charge in [0.25, 0.3) is 11.7 Å². The van der Waals surface area contributed by atoms with Crippen molar-refractivity contribution in [2.45, 2.75) is 26.8 Å². The Kier molecular flexibility index (Phi) is 6.27. The normalized spacial score (nSPS) is 17.6. The topological polar surface area (TPSA) is 79.7 Å². The van der Waals surface area contributed by atoms with Crippen LogP contribution in [0.5, 0.6) is 5.75 Å². The number of rotatable bonds is 6. The number of para-hydroxylation sites is 1. The first-order valence-corrected chi connectivity index (χ1v) is 10.9. The van der Waals surface area contributed by atoms with Crippen molar-refractivity contribution in [2.24, 2.45) is 5.92 Å². The third-order valence-corrected chi connectivity index (χ3v) is 5.50. The van der Waals surface area contributed by atoms with Gasteiger partial charge in [-0.3, -0.25) is 19.5 Å². The number of hydrogen-bond donors (Lipinski definition) is 1. The molecule has 2 heterocycles. The van der Waals surface area contributed by atoms with E-state index in [-0.39, 0.29) is 11.3 Å². The van der Waals surface area contributed by atoms with Crippen molar-refractivity contribution in [1.29, 1.82) is 0 Å². The van der Waals surface area contributed by atoms with E-state index >= 15 is 0 Å². The lowest BCUT2D eigenvalue weighted by Crippen LogP contribution is -2.29. The minimum Gasteiger partial charge on any atom is -0.507 e. The Morgan fingerprint density at radius 2 is 1.85 bits per heavy atom. The summed E-state index contributed by atoms with van der Waals surface area (Å²) >= 11 is 0. The zero-order valence-electron chi connectivity index (χ0n) is 18.9. The molecule has 0 bridgehead atoms. The summed E-state index contributed by atoms with van der Waals surface area (Å²) in [6, 6.07) is 17.0. The van der Waals surface area contributed by atoms with Gasteiger partial charge in [0.05, 0.1) is 18.2 Å². The summed E-state index contributed by atoms with van der Waals surface area (Å²) in [5.74, 6) is -0.549. The number of amides is 1. The highest BCUT2D eigenvalue weighted by atomic mass is 16.5. The molecule has 0 aliphatic carbocycles. The largest absolute Gasteiger partial charge is 0.507 e. The van der Waals surface area contributed by atoms with Gasteiger partial charge < -0.3 is 9.84 Å².